The summed E-state index contributed by atoms with van der Waals surface area (Å²) in [5.74, 6) is 0. The first-order chi connectivity index (χ1) is 3.15. The molecule has 0 bridgehead atoms. The van der Waals surface area contributed by atoms with E-state index < -0.39 is 22.2 Å². The molecule has 0 aliphatic rings. The van der Waals surface area contributed by atoms with Gasteiger partial charge in [-0.1, -0.05) is 0 Å². The minimum atomic E-state index is -3.11. The lowest BCUT2D eigenvalue weighted by atomic mass is 15.9. The van der Waals surface area contributed by atoms with Gasteiger partial charge in [-0.05, 0) is 0 Å². The zero-order valence-electron chi connectivity index (χ0n) is 2.86. The van der Waals surface area contributed by atoms with Crippen molar-refractivity contribution in [2.24, 2.45) is 0 Å². The Bertz CT molecular complexity index is 133. The summed E-state index contributed by atoms with van der Waals surface area (Å²) in [6.07, 6.45) is 0. The monoisotopic (exact) mass is 144 g/mol. The molecule has 0 spiro atoms. The Morgan fingerprint density at radius 1 is 1.00 bits per heavy atom. The summed E-state index contributed by atoms with van der Waals surface area (Å²) in [6.45, 7) is 0. The van der Waals surface area contributed by atoms with Crippen LogP contribution in [-0.2, 0) is 22.2 Å². The summed E-state index contributed by atoms with van der Waals surface area (Å²) in [5.41, 5.74) is 0. The van der Waals surface area contributed by atoms with Crippen molar-refractivity contribution in [2.45, 2.75) is 0 Å². The van der Waals surface area contributed by atoms with Gasteiger partial charge in [0.25, 0.3) is 0 Å². The van der Waals surface area contributed by atoms with Crippen molar-refractivity contribution >= 4 is 22.2 Å². The zero-order chi connectivity index (χ0) is 6.28. The second-order valence-electron chi connectivity index (χ2n) is 0.272. The molecule has 0 amide bonds. The highest BCUT2D eigenvalue weighted by Gasteiger charge is 1.40. The van der Waals surface area contributed by atoms with E-state index in [1.165, 1.54) is 0 Å². The van der Waals surface area contributed by atoms with Crippen LogP contribution in [0.5, 0.6) is 0 Å². The first kappa shape index (κ1) is 9.67. The van der Waals surface area contributed by atoms with E-state index in [-0.39, 0.29) is 0 Å². The largest absolute Gasteiger partial charge is 0.425 e. The third-order valence-corrected chi connectivity index (χ3v) is 0. The molecular formula is O5S2. The predicted molar refractivity (Wildman–Crippen MR) is 18.6 cm³/mol. The van der Waals surface area contributed by atoms with Crippen molar-refractivity contribution in [3.8, 4) is 0 Å². The molecule has 0 unspecified atom stereocenters. The van der Waals surface area contributed by atoms with Gasteiger partial charge in [-0.25, -0.2) is 0 Å². The van der Waals surface area contributed by atoms with E-state index in [0.29, 0.717) is 0 Å². The molecule has 0 aliphatic heterocycles. The Hall–Kier alpha value is -0.560. The van der Waals surface area contributed by atoms with Gasteiger partial charge in [-0.15, -0.1) is 12.6 Å². The van der Waals surface area contributed by atoms with Crippen molar-refractivity contribution in [3.05, 3.63) is 0 Å². The average molecular weight is 144 g/mol. The molecule has 0 aromatic rings. The lowest BCUT2D eigenvalue weighted by molar-refractivity contribution is 0.559. The maximum absolute atomic E-state index is 8.44. The molecule has 7 heteroatoms. The molecule has 0 rings (SSSR count). The smallest absolute Gasteiger partial charge is 0.168 e. The first-order valence-electron chi connectivity index (χ1n) is 0.833. The van der Waals surface area contributed by atoms with Gasteiger partial charge in [-0.3, -0.25) is 0 Å². The summed E-state index contributed by atoms with van der Waals surface area (Å²) in [5, 5.41) is 0. The van der Waals surface area contributed by atoms with Gasteiger partial charge in [0.2, 0.25) is 0 Å². The molecular weight excluding hydrogens is 144 g/mol. The topological polar surface area (TPSA) is 85.3 Å². The standard InChI is InChI=1S/O3S.O2S/c1-4(2)3;1-3-2. The third kappa shape index (κ3) is 205. The Labute approximate surface area is 44.0 Å². The molecule has 0 saturated carbocycles. The van der Waals surface area contributed by atoms with E-state index in [1.54, 1.807) is 0 Å². The van der Waals surface area contributed by atoms with Gasteiger partial charge in [-0.2, -0.15) is 8.42 Å². The van der Waals surface area contributed by atoms with Crippen molar-refractivity contribution in [3.63, 3.8) is 0 Å². The lowest BCUT2D eigenvalue weighted by Crippen LogP contribution is -1.40. The van der Waals surface area contributed by atoms with Crippen molar-refractivity contribution in [2.75, 3.05) is 0 Å². The molecule has 0 aliphatic carbocycles. The van der Waals surface area contributed by atoms with Gasteiger partial charge >= 0.3 is 22.2 Å². The fraction of sp³-hybridized carbons (Fsp3) is 0. The molecule has 0 aromatic carbocycles. The molecule has 5 nitrogen and oxygen atoms in total. The zero-order valence-corrected chi connectivity index (χ0v) is 4.49. The van der Waals surface area contributed by atoms with Crippen LogP contribution in [0.1, 0.15) is 0 Å². The summed E-state index contributed by atoms with van der Waals surface area (Å²) in [4.78, 5) is 0. The first-order valence-corrected chi connectivity index (χ1v) is 2.50. The molecule has 7 heavy (non-hydrogen) atoms. The van der Waals surface area contributed by atoms with Crippen LogP contribution in [0.3, 0.4) is 0 Å². The summed E-state index contributed by atoms with van der Waals surface area (Å²) < 4.78 is 41.9. The van der Waals surface area contributed by atoms with E-state index >= 15 is 0 Å². The van der Waals surface area contributed by atoms with Gasteiger partial charge < -0.3 is 0 Å². The predicted octanol–water partition coefficient (Wildman–Crippen LogP) is -1.67. The molecule has 0 atom stereocenters. The summed E-state index contributed by atoms with van der Waals surface area (Å²) in [6, 6.07) is 0. The van der Waals surface area contributed by atoms with Crippen LogP contribution in [0.25, 0.3) is 0 Å². The van der Waals surface area contributed by atoms with Crippen LogP contribution in [0, 0.1) is 0 Å². The van der Waals surface area contributed by atoms with E-state index in [2.05, 4.69) is 0 Å². The number of hydrogen-bond acceptors (Lipinski definition) is 5. The minimum Gasteiger partial charge on any atom is -0.168 e. The van der Waals surface area contributed by atoms with Gasteiger partial charge in [0.05, 0.1) is 0 Å². The highest BCUT2D eigenvalue weighted by Crippen LogP contribution is 1.07. The molecule has 0 radical (unpaired) electrons. The molecule has 0 saturated heterocycles. The van der Waals surface area contributed by atoms with Crippen LogP contribution >= 0.6 is 0 Å². The van der Waals surface area contributed by atoms with Crippen molar-refractivity contribution in [1.82, 2.24) is 0 Å². The normalized spacial score (nSPS) is 5.14. The van der Waals surface area contributed by atoms with Crippen LogP contribution in [-0.4, -0.2) is 21.0 Å². The SMILES string of the molecule is O=S(=O)=O.O=S=O. The molecule has 0 heterocycles. The fourth-order valence-electron chi connectivity index (χ4n) is 0. The van der Waals surface area contributed by atoms with Gasteiger partial charge in [0, 0.05) is 0 Å². The Morgan fingerprint density at radius 3 is 1.00 bits per heavy atom. The number of hydrogen-bond donors (Lipinski definition) is 0. The van der Waals surface area contributed by atoms with Crippen molar-refractivity contribution < 1.29 is 21.0 Å². The van der Waals surface area contributed by atoms with Crippen LogP contribution < -0.4 is 0 Å². The van der Waals surface area contributed by atoms with Crippen molar-refractivity contribution in [1.29, 1.82) is 0 Å². The summed E-state index contributed by atoms with van der Waals surface area (Å²) >= 11 is -0.750. The average Bonchev–Trinajstić information content (AvgIpc) is 1.33. The van der Waals surface area contributed by atoms with E-state index in [4.69, 9.17) is 21.0 Å². The molecule has 42 valence electrons. The van der Waals surface area contributed by atoms with Crippen LogP contribution in [0.4, 0.5) is 0 Å². The fourth-order valence-corrected chi connectivity index (χ4v) is 0. The van der Waals surface area contributed by atoms with Gasteiger partial charge in [0.1, 0.15) is 0 Å². The van der Waals surface area contributed by atoms with Crippen LogP contribution in [0.2, 0.25) is 0 Å². The van der Waals surface area contributed by atoms with E-state index in [1.807, 2.05) is 0 Å². The molecule has 0 fully saturated rings. The minimum absolute atomic E-state index is 0.750. The van der Waals surface area contributed by atoms with Crippen LogP contribution in [0.15, 0.2) is 0 Å². The maximum Gasteiger partial charge on any atom is 0.425 e. The van der Waals surface area contributed by atoms with Gasteiger partial charge in [0.15, 0.2) is 0 Å². The third-order valence-electron chi connectivity index (χ3n) is 0. The Balaban J connectivity index is 0. The Kier molecular flexibility index (Phi) is 12.5. The summed E-state index contributed by atoms with van der Waals surface area (Å²) in [7, 11) is -3.11. The molecule has 0 N–H and O–H groups in total. The molecule has 0 aromatic heterocycles. The lowest BCUT2D eigenvalue weighted by Gasteiger charge is -1.11. The number of rotatable bonds is 0. The van der Waals surface area contributed by atoms with E-state index in [9.17, 15) is 0 Å². The highest BCUT2D eigenvalue weighted by atomic mass is 32.2. The second-order valence-corrected chi connectivity index (χ2v) is 0.816. The highest BCUT2D eigenvalue weighted by molar-refractivity contribution is 7.59. The second kappa shape index (κ2) is 9.06. The quantitative estimate of drug-likeness (QED) is 0.405. The maximum atomic E-state index is 8.44. The Morgan fingerprint density at radius 2 is 1.00 bits per heavy atom. The van der Waals surface area contributed by atoms with E-state index in [0.717, 1.165) is 0 Å².